The first-order chi connectivity index (χ1) is 8.15. The molecule has 0 unspecified atom stereocenters. The molecule has 0 spiro atoms. The Hall–Kier alpha value is -1.68. The lowest BCUT2D eigenvalue weighted by Crippen LogP contribution is -1.98. The predicted molar refractivity (Wildman–Crippen MR) is 73.7 cm³/mol. The van der Waals surface area contributed by atoms with Crippen LogP contribution < -0.4 is 16.2 Å². The lowest BCUT2D eigenvalue weighted by molar-refractivity contribution is 0.306. The number of ether oxygens (including phenoxy) is 1. The van der Waals surface area contributed by atoms with Crippen LogP contribution in [0, 0.1) is 0 Å². The highest BCUT2D eigenvalue weighted by Gasteiger charge is 1.99. The summed E-state index contributed by atoms with van der Waals surface area (Å²) < 4.78 is 6.66. The van der Waals surface area contributed by atoms with E-state index in [0.29, 0.717) is 18.0 Å². The third-order valence-corrected chi connectivity index (χ3v) is 2.85. The minimum Gasteiger partial charge on any atom is -0.489 e. The van der Waals surface area contributed by atoms with Crippen molar-refractivity contribution in [3.05, 3.63) is 52.5 Å². The van der Waals surface area contributed by atoms with E-state index in [2.05, 4.69) is 15.9 Å². The van der Waals surface area contributed by atoms with Crippen LogP contribution >= 0.6 is 15.9 Å². The van der Waals surface area contributed by atoms with Crippen molar-refractivity contribution >= 4 is 27.3 Å². The predicted octanol–water partition coefficient (Wildman–Crippen LogP) is 3.19. The second-order valence-corrected chi connectivity index (χ2v) is 4.62. The molecular formula is C13H13BrN2O. The molecule has 3 nitrogen and oxygen atoms in total. The number of hydrogen-bond donors (Lipinski definition) is 2. The number of benzene rings is 2. The molecule has 0 aliphatic heterocycles. The Kier molecular flexibility index (Phi) is 3.54. The van der Waals surface area contributed by atoms with Crippen LogP contribution in [0.4, 0.5) is 11.4 Å². The first-order valence-corrected chi connectivity index (χ1v) is 5.97. The largest absolute Gasteiger partial charge is 0.489 e. The summed E-state index contributed by atoms with van der Waals surface area (Å²) >= 11 is 3.42. The molecule has 0 saturated carbocycles. The molecule has 0 atom stereocenters. The van der Waals surface area contributed by atoms with E-state index < -0.39 is 0 Å². The van der Waals surface area contributed by atoms with Crippen molar-refractivity contribution in [2.45, 2.75) is 6.61 Å². The summed E-state index contributed by atoms with van der Waals surface area (Å²) in [5.41, 5.74) is 13.5. The van der Waals surface area contributed by atoms with Crippen LogP contribution in [-0.4, -0.2) is 0 Å². The zero-order valence-electron chi connectivity index (χ0n) is 9.19. The highest BCUT2D eigenvalue weighted by molar-refractivity contribution is 9.10. The zero-order chi connectivity index (χ0) is 12.3. The van der Waals surface area contributed by atoms with E-state index in [1.165, 1.54) is 0 Å². The second kappa shape index (κ2) is 5.10. The third-order valence-electron chi connectivity index (χ3n) is 2.35. The van der Waals surface area contributed by atoms with Gasteiger partial charge in [0.2, 0.25) is 0 Å². The van der Waals surface area contributed by atoms with E-state index in [1.54, 1.807) is 12.1 Å². The quantitative estimate of drug-likeness (QED) is 0.854. The van der Waals surface area contributed by atoms with E-state index in [9.17, 15) is 0 Å². The molecule has 0 aromatic heterocycles. The van der Waals surface area contributed by atoms with Gasteiger partial charge in [-0.1, -0.05) is 28.1 Å². The molecule has 0 radical (unpaired) electrons. The molecule has 0 saturated heterocycles. The van der Waals surface area contributed by atoms with Gasteiger partial charge >= 0.3 is 0 Å². The molecule has 2 rings (SSSR count). The molecule has 0 aliphatic rings. The molecule has 2 aromatic carbocycles. The molecule has 0 aliphatic carbocycles. The second-order valence-electron chi connectivity index (χ2n) is 3.71. The van der Waals surface area contributed by atoms with E-state index >= 15 is 0 Å². The number of nitrogen functional groups attached to an aromatic ring is 2. The Morgan fingerprint density at radius 2 is 1.82 bits per heavy atom. The van der Waals surface area contributed by atoms with E-state index in [0.717, 1.165) is 15.8 Å². The fourth-order valence-corrected chi connectivity index (χ4v) is 1.88. The maximum Gasteiger partial charge on any atom is 0.122 e. The summed E-state index contributed by atoms with van der Waals surface area (Å²) in [4.78, 5) is 0. The molecule has 2 aromatic rings. The summed E-state index contributed by atoms with van der Waals surface area (Å²) in [7, 11) is 0. The average molecular weight is 293 g/mol. The van der Waals surface area contributed by atoms with Crippen molar-refractivity contribution < 1.29 is 4.74 Å². The Bertz CT molecular complexity index is 529. The van der Waals surface area contributed by atoms with Crippen LogP contribution in [-0.2, 0) is 6.61 Å². The summed E-state index contributed by atoms with van der Waals surface area (Å²) in [5, 5.41) is 0. The molecule has 0 amide bonds. The highest BCUT2D eigenvalue weighted by Crippen LogP contribution is 2.22. The molecule has 0 heterocycles. The van der Waals surface area contributed by atoms with E-state index in [1.807, 2.05) is 30.3 Å². The fraction of sp³-hybridized carbons (Fsp3) is 0.0769. The molecule has 88 valence electrons. The zero-order valence-corrected chi connectivity index (χ0v) is 10.8. The number of hydrogen-bond acceptors (Lipinski definition) is 3. The van der Waals surface area contributed by atoms with Crippen molar-refractivity contribution in [2.24, 2.45) is 0 Å². The molecular weight excluding hydrogens is 280 g/mol. The van der Waals surface area contributed by atoms with Gasteiger partial charge in [-0.15, -0.1) is 0 Å². The van der Waals surface area contributed by atoms with Crippen molar-refractivity contribution in [2.75, 3.05) is 11.5 Å². The minimum absolute atomic E-state index is 0.503. The molecule has 17 heavy (non-hydrogen) atoms. The minimum atomic E-state index is 0.503. The van der Waals surface area contributed by atoms with E-state index in [-0.39, 0.29) is 0 Å². The first-order valence-electron chi connectivity index (χ1n) is 5.17. The highest BCUT2D eigenvalue weighted by atomic mass is 79.9. The Morgan fingerprint density at radius 1 is 1.00 bits per heavy atom. The van der Waals surface area contributed by atoms with Crippen LogP contribution in [0.15, 0.2) is 46.9 Å². The topological polar surface area (TPSA) is 61.3 Å². The van der Waals surface area contributed by atoms with Crippen molar-refractivity contribution in [3.63, 3.8) is 0 Å². The monoisotopic (exact) mass is 292 g/mol. The SMILES string of the molecule is Nc1ccc(OCc2cccc(Br)c2)cc1N. The summed E-state index contributed by atoms with van der Waals surface area (Å²) in [6.45, 7) is 0.503. The molecule has 4 N–H and O–H groups in total. The van der Waals surface area contributed by atoms with Gasteiger partial charge in [-0.3, -0.25) is 0 Å². The Morgan fingerprint density at radius 3 is 2.53 bits per heavy atom. The number of halogens is 1. The normalized spacial score (nSPS) is 10.2. The van der Waals surface area contributed by atoms with Gasteiger partial charge < -0.3 is 16.2 Å². The summed E-state index contributed by atoms with van der Waals surface area (Å²) in [6.07, 6.45) is 0. The van der Waals surface area contributed by atoms with Gasteiger partial charge in [-0.25, -0.2) is 0 Å². The van der Waals surface area contributed by atoms with Crippen LogP contribution in [0.2, 0.25) is 0 Å². The standard InChI is InChI=1S/C13H13BrN2O/c14-10-3-1-2-9(6-10)8-17-11-4-5-12(15)13(16)7-11/h1-7H,8,15-16H2. The van der Waals surface area contributed by atoms with Crippen LogP contribution in [0.1, 0.15) is 5.56 Å². The van der Waals surface area contributed by atoms with Gasteiger partial charge in [0, 0.05) is 10.5 Å². The van der Waals surface area contributed by atoms with Crippen molar-refractivity contribution in [3.8, 4) is 5.75 Å². The van der Waals surface area contributed by atoms with E-state index in [4.69, 9.17) is 16.2 Å². The van der Waals surface area contributed by atoms with Gasteiger partial charge in [0.1, 0.15) is 12.4 Å². The van der Waals surface area contributed by atoms with Crippen LogP contribution in [0.5, 0.6) is 5.75 Å². The van der Waals surface area contributed by atoms with Gasteiger partial charge in [0.25, 0.3) is 0 Å². The Balaban J connectivity index is 2.05. The summed E-state index contributed by atoms with van der Waals surface area (Å²) in [5.74, 6) is 0.719. The van der Waals surface area contributed by atoms with Crippen LogP contribution in [0.25, 0.3) is 0 Å². The smallest absolute Gasteiger partial charge is 0.122 e. The molecule has 0 bridgehead atoms. The van der Waals surface area contributed by atoms with Crippen LogP contribution in [0.3, 0.4) is 0 Å². The Labute approximate surface area is 109 Å². The molecule has 0 fully saturated rings. The maximum absolute atomic E-state index is 5.70. The fourth-order valence-electron chi connectivity index (χ4n) is 1.44. The first kappa shape index (κ1) is 11.8. The lowest BCUT2D eigenvalue weighted by Gasteiger charge is -2.08. The number of rotatable bonds is 3. The van der Waals surface area contributed by atoms with Gasteiger partial charge in [-0.2, -0.15) is 0 Å². The maximum atomic E-state index is 5.70. The van der Waals surface area contributed by atoms with Gasteiger partial charge in [0.15, 0.2) is 0 Å². The lowest BCUT2D eigenvalue weighted by atomic mass is 10.2. The number of anilines is 2. The number of nitrogens with two attached hydrogens (primary N) is 2. The average Bonchev–Trinajstić information content (AvgIpc) is 2.31. The molecule has 4 heteroatoms. The third kappa shape index (κ3) is 3.14. The van der Waals surface area contributed by atoms with Gasteiger partial charge in [0.05, 0.1) is 11.4 Å². The van der Waals surface area contributed by atoms with Gasteiger partial charge in [-0.05, 0) is 29.8 Å². The van der Waals surface area contributed by atoms with Crippen molar-refractivity contribution in [1.82, 2.24) is 0 Å². The van der Waals surface area contributed by atoms with Crippen molar-refractivity contribution in [1.29, 1.82) is 0 Å². The summed E-state index contributed by atoms with van der Waals surface area (Å²) in [6, 6.07) is 13.2.